The van der Waals surface area contributed by atoms with E-state index in [4.69, 9.17) is 26.8 Å². The lowest BCUT2D eigenvalue weighted by molar-refractivity contribution is -0.248. The first kappa shape index (κ1) is 25.7. The molecule has 1 fully saturated rings. The third kappa shape index (κ3) is 5.12. The highest BCUT2D eigenvalue weighted by Gasteiger charge is 2.54. The average Bonchev–Trinajstić information content (AvgIpc) is 3.20. The molecule has 2 N–H and O–H groups in total. The summed E-state index contributed by atoms with van der Waals surface area (Å²) in [5.41, 5.74) is 4.98. The number of ether oxygens (including phenoxy) is 3. The van der Waals surface area contributed by atoms with Crippen molar-refractivity contribution in [3.63, 3.8) is 0 Å². The molecule has 1 saturated heterocycles. The van der Waals surface area contributed by atoms with Crippen LogP contribution in [0.5, 0.6) is 0 Å². The van der Waals surface area contributed by atoms with Crippen LogP contribution in [-0.2, 0) is 30.3 Å². The Bertz CT molecular complexity index is 1150. The van der Waals surface area contributed by atoms with Crippen molar-refractivity contribution in [2.24, 2.45) is 0 Å². The maximum Gasteiger partial charge on any atom is 0.428 e. The summed E-state index contributed by atoms with van der Waals surface area (Å²) >= 11 is 6.22. The second kappa shape index (κ2) is 9.78. The summed E-state index contributed by atoms with van der Waals surface area (Å²) in [5.74, 6) is -2.28. The maximum absolute atomic E-state index is 13.6. The first-order chi connectivity index (χ1) is 15.8. The third-order valence-electron chi connectivity index (χ3n) is 5.13. The fourth-order valence-electron chi connectivity index (χ4n) is 3.84. The number of rotatable bonds is 7. The number of alkyl halides is 3. The quantitative estimate of drug-likeness (QED) is 0.439. The van der Waals surface area contributed by atoms with Crippen LogP contribution in [-0.4, -0.2) is 55.5 Å². The van der Waals surface area contributed by atoms with Gasteiger partial charge < -0.3 is 19.9 Å². The number of aromatic nitrogens is 4. The Kier molecular flexibility index (Phi) is 7.41. The van der Waals surface area contributed by atoms with Gasteiger partial charge in [0.15, 0.2) is 17.0 Å². The molecule has 188 valence electrons. The van der Waals surface area contributed by atoms with E-state index in [9.17, 15) is 27.6 Å². The first-order valence-corrected chi connectivity index (χ1v) is 10.7. The smallest absolute Gasteiger partial charge is 0.428 e. The number of imidazole rings is 1. The molecule has 2 aromatic rings. The molecule has 1 aliphatic heterocycles. The van der Waals surface area contributed by atoms with Gasteiger partial charge in [-0.25, -0.2) is 9.36 Å². The largest absolute Gasteiger partial charge is 0.458 e. The van der Waals surface area contributed by atoms with Gasteiger partial charge in [0.25, 0.3) is 0 Å². The number of nitrogen functional groups attached to an aromatic ring is 1. The van der Waals surface area contributed by atoms with Crippen LogP contribution in [0.2, 0.25) is 5.15 Å². The summed E-state index contributed by atoms with van der Waals surface area (Å²) in [7, 11) is 0. The fourth-order valence-corrected chi connectivity index (χ4v) is 4.12. The van der Waals surface area contributed by atoms with Gasteiger partial charge in [0, 0.05) is 26.8 Å². The highest BCUT2D eigenvalue weighted by molar-refractivity contribution is 6.33. The van der Waals surface area contributed by atoms with Crippen molar-refractivity contribution in [3.8, 4) is 0 Å². The number of anilines is 1. The highest BCUT2D eigenvalue weighted by atomic mass is 35.5. The summed E-state index contributed by atoms with van der Waals surface area (Å²) in [5, 5.41) is -0.138. The minimum absolute atomic E-state index is 0.0996. The summed E-state index contributed by atoms with van der Waals surface area (Å²) in [6, 6.07) is 0. The summed E-state index contributed by atoms with van der Waals surface area (Å²) in [6.45, 7) is 3.98. The van der Waals surface area contributed by atoms with Crippen LogP contribution in [0.3, 0.4) is 0 Å². The standard InChI is InChI=1S/C19H23ClF3N5O6/c1-4-5-6-27-12-14(20)25-17(24)26-15(12)28(18(27)31)16-11(32-8(2)29)7-10(34-16)13(19(21,22)23)33-9(3)30/h10-11,13,16H,4-7H2,1-3H3,(H2,24,25,26)/t10?,11?,13-,16?/m1/s1. The predicted octanol–water partition coefficient (Wildman–Crippen LogP) is 2.34. The van der Waals surface area contributed by atoms with Crippen molar-refractivity contribution in [1.29, 1.82) is 0 Å². The molecule has 3 unspecified atom stereocenters. The van der Waals surface area contributed by atoms with Crippen LogP contribution < -0.4 is 11.4 Å². The number of halogens is 4. The molecule has 3 rings (SSSR count). The Morgan fingerprint density at radius 1 is 1.29 bits per heavy atom. The number of esters is 2. The van der Waals surface area contributed by atoms with E-state index in [1.54, 1.807) is 0 Å². The summed E-state index contributed by atoms with van der Waals surface area (Å²) in [6.07, 6.45) is -11.5. The van der Waals surface area contributed by atoms with Crippen molar-refractivity contribution >= 4 is 40.7 Å². The molecule has 11 nitrogen and oxygen atoms in total. The van der Waals surface area contributed by atoms with Gasteiger partial charge in [0.2, 0.25) is 12.1 Å². The van der Waals surface area contributed by atoms with Gasteiger partial charge in [-0.05, 0) is 6.42 Å². The molecule has 0 bridgehead atoms. The number of hydrogen-bond acceptors (Lipinski definition) is 9. The van der Waals surface area contributed by atoms with Crippen LogP contribution in [0.15, 0.2) is 4.79 Å². The van der Waals surface area contributed by atoms with Gasteiger partial charge >= 0.3 is 23.8 Å². The van der Waals surface area contributed by atoms with Gasteiger partial charge in [0.1, 0.15) is 17.7 Å². The molecule has 0 spiro atoms. The normalized spacial score (nSPS) is 21.6. The zero-order valence-electron chi connectivity index (χ0n) is 18.5. The zero-order valence-corrected chi connectivity index (χ0v) is 19.2. The van der Waals surface area contributed by atoms with Gasteiger partial charge in [-0.2, -0.15) is 23.1 Å². The third-order valence-corrected chi connectivity index (χ3v) is 5.40. The molecule has 0 amide bonds. The van der Waals surface area contributed by atoms with Crippen LogP contribution in [0.25, 0.3) is 11.2 Å². The number of nitrogens with zero attached hydrogens (tertiary/aromatic N) is 4. The Labute approximate surface area is 195 Å². The average molecular weight is 510 g/mol. The first-order valence-electron chi connectivity index (χ1n) is 10.4. The number of aryl methyl sites for hydroxylation is 1. The van der Waals surface area contributed by atoms with E-state index in [0.717, 1.165) is 24.8 Å². The van der Waals surface area contributed by atoms with Gasteiger partial charge in [-0.3, -0.25) is 14.2 Å². The van der Waals surface area contributed by atoms with Crippen molar-refractivity contribution in [2.75, 3.05) is 5.73 Å². The molecule has 0 aromatic carbocycles. The lowest BCUT2D eigenvalue weighted by Crippen LogP contribution is -2.43. The van der Waals surface area contributed by atoms with Gasteiger partial charge in [-0.1, -0.05) is 24.9 Å². The summed E-state index contributed by atoms with van der Waals surface area (Å²) < 4.78 is 58.3. The highest BCUT2D eigenvalue weighted by Crippen LogP contribution is 2.39. The van der Waals surface area contributed by atoms with Gasteiger partial charge in [-0.15, -0.1) is 0 Å². The van der Waals surface area contributed by atoms with Crippen molar-refractivity contribution in [3.05, 3.63) is 15.6 Å². The topological polar surface area (TPSA) is 141 Å². The molecular formula is C19H23ClF3N5O6. The van der Waals surface area contributed by atoms with Crippen LogP contribution in [0.1, 0.15) is 46.3 Å². The Balaban J connectivity index is 2.16. The van der Waals surface area contributed by atoms with Crippen LogP contribution in [0.4, 0.5) is 19.1 Å². The molecule has 3 heterocycles. The monoisotopic (exact) mass is 509 g/mol. The molecule has 0 aliphatic carbocycles. The van der Waals surface area contributed by atoms with Crippen molar-refractivity contribution in [2.45, 2.75) is 77.3 Å². The number of carbonyl (C=O) groups is 2. The van der Waals surface area contributed by atoms with Crippen molar-refractivity contribution < 1.29 is 37.0 Å². The van der Waals surface area contributed by atoms with E-state index >= 15 is 0 Å². The molecule has 34 heavy (non-hydrogen) atoms. The van der Waals surface area contributed by atoms with E-state index in [0.29, 0.717) is 6.42 Å². The molecule has 0 saturated carbocycles. The number of carbonyl (C=O) groups excluding carboxylic acids is 2. The Morgan fingerprint density at radius 3 is 2.53 bits per heavy atom. The minimum Gasteiger partial charge on any atom is -0.458 e. The van der Waals surface area contributed by atoms with E-state index in [2.05, 4.69) is 14.7 Å². The molecule has 4 atom stereocenters. The zero-order chi connectivity index (χ0) is 25.4. The maximum atomic E-state index is 13.6. The van der Waals surface area contributed by atoms with Crippen LogP contribution >= 0.6 is 11.6 Å². The second-order valence-electron chi connectivity index (χ2n) is 7.72. The number of nitrogens with two attached hydrogens (primary N) is 1. The Morgan fingerprint density at radius 2 is 1.97 bits per heavy atom. The van der Waals surface area contributed by atoms with E-state index in [-0.39, 0.29) is 28.8 Å². The van der Waals surface area contributed by atoms with E-state index < -0.39 is 54.8 Å². The molecule has 2 aromatic heterocycles. The van der Waals surface area contributed by atoms with E-state index in [1.165, 1.54) is 4.57 Å². The lowest BCUT2D eigenvalue weighted by Gasteiger charge is -2.25. The number of hydrogen-bond donors (Lipinski definition) is 1. The summed E-state index contributed by atoms with van der Waals surface area (Å²) in [4.78, 5) is 44.3. The lowest BCUT2D eigenvalue weighted by atomic mass is 10.1. The molecular weight excluding hydrogens is 487 g/mol. The molecule has 15 heteroatoms. The fraction of sp³-hybridized carbons (Fsp3) is 0.632. The molecule has 0 radical (unpaired) electrons. The predicted molar refractivity (Wildman–Crippen MR) is 112 cm³/mol. The van der Waals surface area contributed by atoms with Gasteiger partial charge in [0.05, 0.1) is 0 Å². The minimum atomic E-state index is -4.98. The molecule has 1 aliphatic rings. The van der Waals surface area contributed by atoms with E-state index in [1.807, 2.05) is 6.92 Å². The number of unbranched alkanes of at least 4 members (excludes halogenated alkanes) is 1. The second-order valence-corrected chi connectivity index (χ2v) is 8.08. The number of fused-ring (bicyclic) bond motifs is 1. The van der Waals surface area contributed by atoms with Crippen molar-refractivity contribution in [1.82, 2.24) is 19.1 Å². The SMILES string of the molecule is CCCCn1c(=O)n(C2OC([C@@H](OC(C)=O)C(F)(F)F)CC2OC(C)=O)c2nc(N)nc(Cl)c21. The Hall–Kier alpha value is -2.87. The van der Waals surface area contributed by atoms with Crippen LogP contribution in [0, 0.1) is 0 Å².